The van der Waals surface area contributed by atoms with E-state index in [-0.39, 0.29) is 11.2 Å². The van der Waals surface area contributed by atoms with Crippen LogP contribution in [-0.2, 0) is 11.3 Å². The molecule has 6 nitrogen and oxygen atoms in total. The van der Waals surface area contributed by atoms with Crippen molar-refractivity contribution in [3.05, 3.63) is 64.7 Å². The van der Waals surface area contributed by atoms with Crippen molar-refractivity contribution in [1.29, 1.82) is 0 Å². The lowest BCUT2D eigenvalue weighted by Crippen LogP contribution is -2.31. The third kappa shape index (κ3) is 4.61. The third-order valence-electron chi connectivity index (χ3n) is 4.04. The monoisotopic (exact) mass is 401 g/mol. The first-order valence-electron chi connectivity index (χ1n) is 8.41. The number of nitrogens with one attached hydrogen (secondary N) is 1. The molecule has 0 aliphatic rings. The number of nitrogen functional groups attached to an aromatic ring is 1. The second-order valence-electron chi connectivity index (χ2n) is 6.11. The van der Waals surface area contributed by atoms with Crippen LogP contribution in [0.1, 0.15) is 18.1 Å². The summed E-state index contributed by atoms with van der Waals surface area (Å²) in [7, 11) is 0. The number of benzene rings is 2. The summed E-state index contributed by atoms with van der Waals surface area (Å²) in [6.45, 7) is 4.18. The summed E-state index contributed by atoms with van der Waals surface area (Å²) in [6.07, 6.45) is 0. The van der Waals surface area contributed by atoms with Gasteiger partial charge in [-0.15, -0.1) is 10.2 Å². The molecular weight excluding hydrogens is 382 g/mol. The molecule has 3 rings (SSSR count). The zero-order chi connectivity index (χ0) is 19.4. The van der Waals surface area contributed by atoms with Crippen LogP contribution in [0.2, 0.25) is 5.02 Å². The first-order valence-corrected chi connectivity index (χ1v) is 9.67. The van der Waals surface area contributed by atoms with E-state index in [1.807, 2.05) is 49.4 Å². The number of hydrogen-bond donors (Lipinski definition) is 2. The normalized spacial score (nSPS) is 12.0. The minimum Gasteiger partial charge on any atom is -0.351 e. The van der Waals surface area contributed by atoms with Crippen molar-refractivity contribution in [2.75, 3.05) is 5.84 Å². The van der Waals surface area contributed by atoms with Crippen LogP contribution in [0.15, 0.2) is 53.7 Å². The predicted octanol–water partition coefficient (Wildman–Crippen LogP) is 3.42. The fourth-order valence-corrected chi connectivity index (χ4v) is 3.43. The molecule has 1 atom stereocenters. The Morgan fingerprint density at radius 3 is 2.63 bits per heavy atom. The van der Waals surface area contributed by atoms with E-state index >= 15 is 0 Å². The molecule has 0 bridgehead atoms. The van der Waals surface area contributed by atoms with Crippen LogP contribution in [-0.4, -0.2) is 26.0 Å². The highest BCUT2D eigenvalue weighted by Crippen LogP contribution is 2.25. The number of halogens is 1. The van der Waals surface area contributed by atoms with E-state index in [0.717, 1.165) is 16.7 Å². The molecule has 0 fully saturated rings. The smallest absolute Gasteiger partial charge is 0.233 e. The quantitative estimate of drug-likeness (QED) is 0.488. The molecule has 0 aliphatic carbocycles. The van der Waals surface area contributed by atoms with E-state index < -0.39 is 0 Å². The van der Waals surface area contributed by atoms with Crippen molar-refractivity contribution >= 4 is 29.3 Å². The van der Waals surface area contributed by atoms with Crippen LogP contribution in [0, 0.1) is 6.92 Å². The minimum atomic E-state index is -0.384. The average molecular weight is 402 g/mol. The zero-order valence-corrected chi connectivity index (χ0v) is 16.6. The topological polar surface area (TPSA) is 85.8 Å². The maximum atomic E-state index is 12.4. The zero-order valence-electron chi connectivity index (χ0n) is 15.0. The summed E-state index contributed by atoms with van der Waals surface area (Å²) in [5.41, 5.74) is 2.90. The molecular formula is C19H20ClN5OS. The van der Waals surface area contributed by atoms with Gasteiger partial charge < -0.3 is 11.2 Å². The Hall–Kier alpha value is -2.51. The number of amides is 1. The molecule has 1 amide bonds. The maximum absolute atomic E-state index is 12.4. The summed E-state index contributed by atoms with van der Waals surface area (Å²) in [5.74, 6) is 6.56. The molecule has 1 aromatic heterocycles. The molecule has 2 aromatic carbocycles. The van der Waals surface area contributed by atoms with Gasteiger partial charge in [-0.1, -0.05) is 71.4 Å². The molecule has 1 heterocycles. The summed E-state index contributed by atoms with van der Waals surface area (Å²) in [5, 5.41) is 11.9. The van der Waals surface area contributed by atoms with Gasteiger partial charge in [-0.3, -0.25) is 4.79 Å². The first kappa shape index (κ1) is 19.3. The molecule has 27 heavy (non-hydrogen) atoms. The average Bonchev–Trinajstić information content (AvgIpc) is 3.02. The Balaban J connectivity index is 1.64. The third-order valence-corrected chi connectivity index (χ3v) is 5.46. The molecule has 0 spiro atoms. The van der Waals surface area contributed by atoms with Crippen LogP contribution in [0.3, 0.4) is 0 Å². The SMILES string of the molecule is Cc1ccc(-c2nnc(S[C@@H](C)C(=O)NCc3ccccc3Cl)n2N)cc1. The Labute approximate surface area is 167 Å². The molecule has 0 aliphatic heterocycles. The second kappa shape index (κ2) is 8.45. The lowest BCUT2D eigenvalue weighted by Gasteiger charge is -2.12. The van der Waals surface area contributed by atoms with Gasteiger partial charge >= 0.3 is 0 Å². The maximum Gasteiger partial charge on any atom is 0.233 e. The Bertz CT molecular complexity index is 942. The number of thioether (sulfide) groups is 1. The lowest BCUT2D eigenvalue weighted by molar-refractivity contribution is -0.120. The number of carbonyl (C=O) groups is 1. The largest absolute Gasteiger partial charge is 0.351 e. The van der Waals surface area contributed by atoms with Crippen molar-refractivity contribution in [3.63, 3.8) is 0 Å². The number of rotatable bonds is 6. The van der Waals surface area contributed by atoms with E-state index in [9.17, 15) is 4.79 Å². The molecule has 0 unspecified atom stereocenters. The standard InChI is InChI=1S/C19H20ClN5OS/c1-12-7-9-14(10-8-12)17-23-24-19(25(17)21)27-13(2)18(26)22-11-15-5-3-4-6-16(15)20/h3-10,13H,11,21H2,1-2H3,(H,22,26)/t13-/m0/s1. The van der Waals surface area contributed by atoms with Crippen LogP contribution >= 0.6 is 23.4 Å². The van der Waals surface area contributed by atoms with Crippen LogP contribution in [0.25, 0.3) is 11.4 Å². The number of carbonyl (C=O) groups excluding carboxylic acids is 1. The highest BCUT2D eigenvalue weighted by molar-refractivity contribution is 8.00. The van der Waals surface area contributed by atoms with Gasteiger partial charge in [-0.25, -0.2) is 4.68 Å². The Kier molecular flexibility index (Phi) is 6.03. The van der Waals surface area contributed by atoms with Crippen LogP contribution in [0.5, 0.6) is 0 Å². The van der Waals surface area contributed by atoms with E-state index in [2.05, 4.69) is 15.5 Å². The molecule has 0 radical (unpaired) electrons. The van der Waals surface area contributed by atoms with Crippen molar-refractivity contribution in [2.45, 2.75) is 30.8 Å². The van der Waals surface area contributed by atoms with E-state index in [4.69, 9.17) is 17.4 Å². The van der Waals surface area contributed by atoms with Gasteiger partial charge in [-0.2, -0.15) is 0 Å². The number of nitrogens with zero attached hydrogens (tertiary/aromatic N) is 3. The van der Waals surface area contributed by atoms with Crippen molar-refractivity contribution < 1.29 is 4.79 Å². The number of hydrogen-bond acceptors (Lipinski definition) is 5. The van der Waals surface area contributed by atoms with Gasteiger partial charge in [-0.05, 0) is 25.5 Å². The number of aryl methyl sites for hydroxylation is 1. The van der Waals surface area contributed by atoms with Gasteiger partial charge in [0.2, 0.25) is 11.1 Å². The van der Waals surface area contributed by atoms with Gasteiger partial charge in [0, 0.05) is 17.1 Å². The Morgan fingerprint density at radius 2 is 1.93 bits per heavy atom. The van der Waals surface area contributed by atoms with Crippen LogP contribution in [0.4, 0.5) is 0 Å². The molecule has 0 saturated heterocycles. The van der Waals surface area contributed by atoms with Gasteiger partial charge in [0.25, 0.3) is 0 Å². The van der Waals surface area contributed by atoms with Gasteiger partial charge in [0.1, 0.15) is 0 Å². The molecule has 3 aromatic rings. The van der Waals surface area contributed by atoms with Gasteiger partial charge in [0.05, 0.1) is 5.25 Å². The minimum absolute atomic E-state index is 0.125. The van der Waals surface area contributed by atoms with E-state index in [1.54, 1.807) is 13.0 Å². The predicted molar refractivity (Wildman–Crippen MR) is 109 cm³/mol. The van der Waals surface area contributed by atoms with Crippen molar-refractivity contribution in [2.24, 2.45) is 0 Å². The molecule has 0 saturated carbocycles. The lowest BCUT2D eigenvalue weighted by atomic mass is 10.1. The van der Waals surface area contributed by atoms with E-state index in [0.29, 0.717) is 22.5 Å². The van der Waals surface area contributed by atoms with Crippen LogP contribution < -0.4 is 11.2 Å². The van der Waals surface area contributed by atoms with Crippen molar-refractivity contribution in [3.8, 4) is 11.4 Å². The first-order chi connectivity index (χ1) is 13.0. The summed E-state index contributed by atoms with van der Waals surface area (Å²) in [6, 6.07) is 15.3. The van der Waals surface area contributed by atoms with Gasteiger partial charge in [0.15, 0.2) is 5.82 Å². The highest BCUT2D eigenvalue weighted by Gasteiger charge is 2.20. The summed E-state index contributed by atoms with van der Waals surface area (Å²) < 4.78 is 1.41. The fourth-order valence-electron chi connectivity index (χ4n) is 2.44. The number of nitrogens with two attached hydrogens (primary N) is 1. The molecule has 140 valence electrons. The summed E-state index contributed by atoms with van der Waals surface area (Å²) >= 11 is 7.37. The van der Waals surface area contributed by atoms with E-state index in [1.165, 1.54) is 16.4 Å². The fraction of sp³-hybridized carbons (Fsp3) is 0.211. The molecule has 8 heteroatoms. The summed E-state index contributed by atoms with van der Waals surface area (Å²) in [4.78, 5) is 12.4. The second-order valence-corrected chi connectivity index (χ2v) is 7.83. The highest BCUT2D eigenvalue weighted by atomic mass is 35.5. The molecule has 3 N–H and O–H groups in total. The van der Waals surface area contributed by atoms with Crippen molar-refractivity contribution in [1.82, 2.24) is 20.2 Å². The Morgan fingerprint density at radius 1 is 1.22 bits per heavy atom. The number of aromatic nitrogens is 3.